The second kappa shape index (κ2) is 9.82. The minimum absolute atomic E-state index is 0.117. The summed E-state index contributed by atoms with van der Waals surface area (Å²) >= 11 is 0. The van der Waals surface area contributed by atoms with E-state index in [1.54, 1.807) is 4.90 Å². The van der Waals surface area contributed by atoms with Gasteiger partial charge >= 0.3 is 0 Å². The Labute approximate surface area is 216 Å². The molecule has 2 aromatic carbocycles. The lowest BCUT2D eigenvalue weighted by Gasteiger charge is -2.31. The molecule has 7 nitrogen and oxygen atoms in total. The number of rotatable bonds is 6. The summed E-state index contributed by atoms with van der Waals surface area (Å²) in [5, 5.41) is 2.79. The second-order valence-corrected chi connectivity index (χ2v) is 10.0. The van der Waals surface area contributed by atoms with Crippen molar-refractivity contribution in [1.29, 1.82) is 0 Å². The first-order valence-electron chi connectivity index (χ1n) is 12.8. The summed E-state index contributed by atoms with van der Waals surface area (Å²) in [7, 11) is 0. The molecule has 0 bridgehead atoms. The summed E-state index contributed by atoms with van der Waals surface area (Å²) in [5.74, 6) is 0.414. The van der Waals surface area contributed by atoms with Crippen molar-refractivity contribution in [1.82, 2.24) is 20.1 Å². The lowest BCUT2D eigenvalue weighted by atomic mass is 10.0. The van der Waals surface area contributed by atoms with Crippen LogP contribution in [0.1, 0.15) is 51.1 Å². The smallest absolute Gasteiger partial charge is 0.255 e. The van der Waals surface area contributed by atoms with Crippen molar-refractivity contribution in [3.8, 4) is 5.75 Å². The van der Waals surface area contributed by atoms with Crippen LogP contribution in [-0.4, -0.2) is 39.2 Å². The summed E-state index contributed by atoms with van der Waals surface area (Å²) in [4.78, 5) is 34.2. The fraction of sp³-hybridized carbons (Fsp3) is 0.300. The van der Waals surface area contributed by atoms with Crippen LogP contribution in [0.25, 0.3) is 0 Å². The first kappa shape index (κ1) is 23.4. The summed E-state index contributed by atoms with van der Waals surface area (Å²) in [6.45, 7) is 7.48. The second-order valence-electron chi connectivity index (χ2n) is 10.0. The summed E-state index contributed by atoms with van der Waals surface area (Å²) in [6.07, 6.45) is 4.13. The monoisotopic (exact) mass is 494 g/mol. The Balaban J connectivity index is 1.08. The molecule has 3 aliphatic rings. The first-order chi connectivity index (χ1) is 18.0. The van der Waals surface area contributed by atoms with Crippen LogP contribution in [0.5, 0.6) is 5.75 Å². The largest absolute Gasteiger partial charge is 0.489 e. The fourth-order valence-electron chi connectivity index (χ4n) is 5.49. The number of ether oxygens (including phenoxy) is 1. The van der Waals surface area contributed by atoms with Gasteiger partial charge in [-0.2, -0.15) is 0 Å². The highest BCUT2D eigenvalue weighted by Crippen LogP contribution is 2.34. The number of carbonyl (C=O) groups is 2. The van der Waals surface area contributed by atoms with E-state index in [1.807, 2.05) is 30.5 Å². The van der Waals surface area contributed by atoms with Gasteiger partial charge in [0.1, 0.15) is 18.4 Å². The number of nitrogens with one attached hydrogen (secondary N) is 1. The zero-order valence-electron chi connectivity index (χ0n) is 20.8. The molecular weight excluding hydrogens is 464 g/mol. The molecule has 0 spiro atoms. The molecule has 7 heteroatoms. The van der Waals surface area contributed by atoms with Gasteiger partial charge in [0.15, 0.2) is 0 Å². The van der Waals surface area contributed by atoms with Crippen LogP contribution in [0.2, 0.25) is 0 Å². The maximum atomic E-state index is 13.1. The third kappa shape index (κ3) is 4.74. The minimum Gasteiger partial charge on any atom is -0.489 e. The molecule has 1 unspecified atom stereocenters. The van der Waals surface area contributed by atoms with E-state index in [0.717, 1.165) is 37.2 Å². The Kier molecular flexibility index (Phi) is 6.22. The van der Waals surface area contributed by atoms with Crippen molar-refractivity contribution >= 4 is 11.8 Å². The maximum Gasteiger partial charge on any atom is 0.255 e. The third-order valence-corrected chi connectivity index (χ3v) is 7.52. The van der Waals surface area contributed by atoms with Crippen LogP contribution >= 0.6 is 0 Å². The maximum absolute atomic E-state index is 13.1. The molecule has 1 fully saturated rings. The molecule has 1 atom stereocenters. The predicted molar refractivity (Wildman–Crippen MR) is 139 cm³/mol. The van der Waals surface area contributed by atoms with Crippen molar-refractivity contribution in [3.63, 3.8) is 0 Å². The highest BCUT2D eigenvalue weighted by Gasteiger charge is 2.39. The van der Waals surface area contributed by atoms with Crippen LogP contribution in [0.3, 0.4) is 0 Å². The zero-order valence-corrected chi connectivity index (χ0v) is 20.8. The number of nitrogens with zero attached hydrogens (tertiary/aromatic N) is 3. The number of piperidine rings is 1. The number of fused-ring (bicyclic) bond motifs is 2. The van der Waals surface area contributed by atoms with E-state index in [1.165, 1.54) is 16.8 Å². The average Bonchev–Trinajstić information content (AvgIpc) is 3.25. The summed E-state index contributed by atoms with van der Waals surface area (Å²) in [5.41, 5.74) is 7.05. The van der Waals surface area contributed by atoms with Crippen molar-refractivity contribution in [2.75, 3.05) is 6.54 Å². The normalized spacial score (nSPS) is 19.4. The van der Waals surface area contributed by atoms with E-state index in [2.05, 4.69) is 52.1 Å². The van der Waals surface area contributed by atoms with E-state index in [0.29, 0.717) is 43.0 Å². The lowest BCUT2D eigenvalue weighted by molar-refractivity contribution is -0.126. The molecule has 1 saturated heterocycles. The van der Waals surface area contributed by atoms with E-state index < -0.39 is 6.04 Å². The molecule has 37 heavy (non-hydrogen) atoms. The molecular formula is C30H30N4O3. The van der Waals surface area contributed by atoms with Gasteiger partial charge in [0.05, 0.1) is 6.54 Å². The topological polar surface area (TPSA) is 74.8 Å². The Bertz CT molecular complexity index is 1370. The van der Waals surface area contributed by atoms with Gasteiger partial charge in [0.2, 0.25) is 5.91 Å². The van der Waals surface area contributed by atoms with Crippen LogP contribution < -0.4 is 10.1 Å². The molecule has 3 aromatic rings. The molecule has 0 saturated carbocycles. The van der Waals surface area contributed by atoms with Gasteiger partial charge in [-0.25, -0.2) is 0 Å². The fourth-order valence-corrected chi connectivity index (χ4v) is 5.49. The standard InChI is InChI=1S/C30H30N4O3/c1-20-7-12-27(29(35)32-20)34-18-25-24(30(34)36)5-2-6-28(25)37-19-22-10-8-21(9-11-22)16-33-15-13-26-23(17-33)4-3-14-31-26/h2-6,8-11,14,27H,1,7,12-13,15-19H2,(H,32,35). The van der Waals surface area contributed by atoms with Crippen molar-refractivity contribution in [2.24, 2.45) is 0 Å². The number of allylic oxidation sites excluding steroid dienone is 1. The Morgan fingerprint density at radius 2 is 1.84 bits per heavy atom. The molecule has 0 aliphatic carbocycles. The molecule has 6 rings (SSSR count). The van der Waals surface area contributed by atoms with Crippen LogP contribution in [0.4, 0.5) is 0 Å². The first-order valence-corrected chi connectivity index (χ1v) is 12.8. The molecule has 188 valence electrons. The van der Waals surface area contributed by atoms with Crippen LogP contribution in [0.15, 0.2) is 73.1 Å². The van der Waals surface area contributed by atoms with Gasteiger partial charge < -0.3 is 15.0 Å². The molecule has 0 radical (unpaired) electrons. The SMILES string of the molecule is C=C1CCC(N2Cc3c(OCc4ccc(CN5CCc6ncccc6C5)cc4)cccc3C2=O)C(=O)N1. The van der Waals surface area contributed by atoms with Crippen LogP contribution in [0, 0.1) is 0 Å². The van der Waals surface area contributed by atoms with E-state index in [4.69, 9.17) is 4.74 Å². The van der Waals surface area contributed by atoms with Gasteiger partial charge in [-0.3, -0.25) is 19.5 Å². The van der Waals surface area contributed by atoms with E-state index in [9.17, 15) is 9.59 Å². The number of benzene rings is 2. The predicted octanol–water partition coefficient (Wildman–Crippen LogP) is 3.97. The molecule has 3 aliphatic heterocycles. The highest BCUT2D eigenvalue weighted by molar-refractivity contribution is 6.02. The molecule has 1 N–H and O–H groups in total. The summed E-state index contributed by atoms with van der Waals surface area (Å²) in [6, 6.07) is 17.8. The number of aromatic nitrogens is 1. The lowest BCUT2D eigenvalue weighted by Crippen LogP contribution is -2.49. The molecule has 1 aromatic heterocycles. The van der Waals surface area contributed by atoms with Crippen molar-refractivity contribution in [2.45, 2.75) is 51.5 Å². The average molecular weight is 495 g/mol. The number of carbonyl (C=O) groups excluding carboxylic acids is 2. The molecule has 4 heterocycles. The Morgan fingerprint density at radius 3 is 2.68 bits per heavy atom. The Hall–Kier alpha value is -3.97. The quantitative estimate of drug-likeness (QED) is 0.561. The van der Waals surface area contributed by atoms with Crippen molar-refractivity contribution < 1.29 is 14.3 Å². The van der Waals surface area contributed by atoms with Gasteiger partial charge in [-0.15, -0.1) is 0 Å². The van der Waals surface area contributed by atoms with Gasteiger partial charge in [-0.05, 0) is 47.7 Å². The number of hydrogen-bond donors (Lipinski definition) is 1. The third-order valence-electron chi connectivity index (χ3n) is 7.52. The van der Waals surface area contributed by atoms with Crippen LogP contribution in [-0.2, 0) is 37.5 Å². The minimum atomic E-state index is -0.476. The Morgan fingerprint density at radius 1 is 1.00 bits per heavy atom. The van der Waals surface area contributed by atoms with Gasteiger partial charge in [-0.1, -0.05) is 43.0 Å². The zero-order chi connectivity index (χ0) is 25.4. The molecule has 2 amide bonds. The summed E-state index contributed by atoms with van der Waals surface area (Å²) < 4.78 is 6.18. The van der Waals surface area contributed by atoms with E-state index >= 15 is 0 Å². The van der Waals surface area contributed by atoms with Gasteiger partial charge in [0.25, 0.3) is 5.91 Å². The van der Waals surface area contributed by atoms with E-state index in [-0.39, 0.29) is 11.8 Å². The highest BCUT2D eigenvalue weighted by atomic mass is 16.5. The van der Waals surface area contributed by atoms with Gasteiger partial charge in [0, 0.05) is 54.8 Å². The number of pyridine rings is 1. The van der Waals surface area contributed by atoms with Crippen molar-refractivity contribution in [3.05, 3.63) is 107 Å². The number of hydrogen-bond acceptors (Lipinski definition) is 5. The number of amides is 2.